The molecule has 0 aliphatic heterocycles. The summed E-state index contributed by atoms with van der Waals surface area (Å²) < 4.78 is 0. The van der Waals surface area contributed by atoms with Crippen molar-refractivity contribution in [1.29, 1.82) is 0 Å². The molecule has 0 atom stereocenters. The maximum Gasteiger partial charge on any atom is 0.337 e. The number of amides is 2. The number of aryl methyl sites for hydroxylation is 1. The highest BCUT2D eigenvalue weighted by atomic mass is 32.1. The third-order valence-electron chi connectivity index (χ3n) is 2.52. The number of hydrogen-bond acceptors (Lipinski definition) is 3. The molecule has 3 N–H and O–H groups in total. The zero-order valence-corrected chi connectivity index (χ0v) is 11.0. The van der Waals surface area contributed by atoms with E-state index in [1.807, 2.05) is 5.38 Å². The molecule has 0 aliphatic carbocycles. The standard InChI is InChI=1S/C13H12N2O3S/c1-8-3-2-4-10(12(16)17)11(8)15-13(18)14-9-5-6-19-7-9/h2-7H,1H3,(H,16,17)(H2,14,15,18). The van der Waals surface area contributed by atoms with Crippen molar-refractivity contribution in [2.24, 2.45) is 0 Å². The van der Waals surface area contributed by atoms with E-state index in [9.17, 15) is 9.59 Å². The van der Waals surface area contributed by atoms with Crippen molar-refractivity contribution < 1.29 is 14.7 Å². The minimum Gasteiger partial charge on any atom is -0.478 e. The number of carbonyl (C=O) groups is 2. The normalized spacial score (nSPS) is 9.95. The second-order valence-electron chi connectivity index (χ2n) is 3.89. The average molecular weight is 276 g/mol. The fraction of sp³-hybridized carbons (Fsp3) is 0.0769. The summed E-state index contributed by atoms with van der Waals surface area (Å²) in [5.41, 5.74) is 1.75. The van der Waals surface area contributed by atoms with E-state index in [0.29, 0.717) is 16.9 Å². The lowest BCUT2D eigenvalue weighted by atomic mass is 10.1. The molecule has 2 rings (SSSR count). The molecule has 1 aromatic heterocycles. The van der Waals surface area contributed by atoms with Crippen LogP contribution in [0.2, 0.25) is 0 Å². The van der Waals surface area contributed by atoms with Crippen molar-refractivity contribution >= 4 is 34.7 Å². The van der Waals surface area contributed by atoms with Crippen LogP contribution in [0.1, 0.15) is 15.9 Å². The van der Waals surface area contributed by atoms with Crippen LogP contribution in [0, 0.1) is 6.92 Å². The van der Waals surface area contributed by atoms with Crippen molar-refractivity contribution in [1.82, 2.24) is 0 Å². The average Bonchev–Trinajstić information content (AvgIpc) is 2.84. The Labute approximate surface area is 113 Å². The highest BCUT2D eigenvalue weighted by molar-refractivity contribution is 7.08. The number of anilines is 2. The monoisotopic (exact) mass is 276 g/mol. The Balaban J connectivity index is 2.19. The summed E-state index contributed by atoms with van der Waals surface area (Å²) in [6, 6.07) is 6.14. The van der Waals surface area contributed by atoms with E-state index >= 15 is 0 Å². The molecule has 0 radical (unpaired) electrons. The Morgan fingerprint density at radius 1 is 1.21 bits per heavy atom. The van der Waals surface area contributed by atoms with Gasteiger partial charge in [-0.2, -0.15) is 11.3 Å². The van der Waals surface area contributed by atoms with Gasteiger partial charge in [0, 0.05) is 5.38 Å². The van der Waals surface area contributed by atoms with Gasteiger partial charge < -0.3 is 15.7 Å². The number of thiophene rings is 1. The molecule has 0 spiro atoms. The molecule has 1 aromatic carbocycles. The van der Waals surface area contributed by atoms with Crippen LogP contribution in [0.3, 0.4) is 0 Å². The van der Waals surface area contributed by atoms with E-state index in [-0.39, 0.29) is 5.56 Å². The maximum absolute atomic E-state index is 11.8. The molecular weight excluding hydrogens is 264 g/mol. The fourth-order valence-corrected chi connectivity index (χ4v) is 2.21. The van der Waals surface area contributed by atoms with Gasteiger partial charge in [-0.1, -0.05) is 12.1 Å². The van der Waals surface area contributed by atoms with Crippen LogP contribution in [0.5, 0.6) is 0 Å². The molecule has 19 heavy (non-hydrogen) atoms. The molecular formula is C13H12N2O3S. The molecule has 2 aromatic rings. The van der Waals surface area contributed by atoms with Crippen LogP contribution >= 0.6 is 11.3 Å². The van der Waals surface area contributed by atoms with Gasteiger partial charge in [0.2, 0.25) is 0 Å². The Kier molecular flexibility index (Phi) is 3.82. The molecule has 0 aliphatic rings. The molecule has 0 fully saturated rings. The molecule has 0 saturated carbocycles. The molecule has 5 nitrogen and oxygen atoms in total. The first-order valence-electron chi connectivity index (χ1n) is 5.51. The van der Waals surface area contributed by atoms with Gasteiger partial charge in [0.1, 0.15) is 0 Å². The summed E-state index contributed by atoms with van der Waals surface area (Å²) in [6.07, 6.45) is 0. The third-order valence-corrected chi connectivity index (χ3v) is 3.20. The number of carbonyl (C=O) groups excluding carboxylic acids is 1. The molecule has 0 saturated heterocycles. The van der Waals surface area contributed by atoms with Crippen molar-refractivity contribution in [3.63, 3.8) is 0 Å². The topological polar surface area (TPSA) is 78.4 Å². The van der Waals surface area contributed by atoms with Crippen LogP contribution in [0.25, 0.3) is 0 Å². The maximum atomic E-state index is 11.8. The lowest BCUT2D eigenvalue weighted by Crippen LogP contribution is -2.21. The number of nitrogens with one attached hydrogen (secondary N) is 2. The zero-order valence-electron chi connectivity index (χ0n) is 10.1. The Morgan fingerprint density at radius 2 is 2.00 bits per heavy atom. The summed E-state index contributed by atoms with van der Waals surface area (Å²) in [5.74, 6) is -1.07. The predicted molar refractivity (Wildman–Crippen MR) is 75.1 cm³/mol. The smallest absolute Gasteiger partial charge is 0.337 e. The van der Waals surface area contributed by atoms with E-state index in [2.05, 4.69) is 10.6 Å². The van der Waals surface area contributed by atoms with Crippen LogP contribution < -0.4 is 10.6 Å². The van der Waals surface area contributed by atoms with Crippen LogP contribution in [-0.2, 0) is 0 Å². The highest BCUT2D eigenvalue weighted by Gasteiger charge is 2.14. The lowest BCUT2D eigenvalue weighted by molar-refractivity contribution is 0.0698. The minimum atomic E-state index is -1.07. The molecule has 6 heteroatoms. The van der Waals surface area contributed by atoms with Crippen LogP contribution in [0.4, 0.5) is 16.2 Å². The van der Waals surface area contributed by atoms with Gasteiger partial charge in [0.25, 0.3) is 0 Å². The predicted octanol–water partition coefficient (Wildman–Crippen LogP) is 3.40. The molecule has 98 valence electrons. The number of carboxylic acids is 1. The third kappa shape index (κ3) is 3.11. The van der Waals surface area contributed by atoms with Crippen LogP contribution in [-0.4, -0.2) is 17.1 Å². The van der Waals surface area contributed by atoms with Gasteiger partial charge in [-0.15, -0.1) is 0 Å². The van der Waals surface area contributed by atoms with E-state index in [0.717, 1.165) is 0 Å². The van der Waals surface area contributed by atoms with Crippen molar-refractivity contribution in [3.05, 3.63) is 46.2 Å². The van der Waals surface area contributed by atoms with Crippen LogP contribution in [0.15, 0.2) is 35.0 Å². The van der Waals surface area contributed by atoms with Crippen molar-refractivity contribution in [3.8, 4) is 0 Å². The van der Waals surface area contributed by atoms with Gasteiger partial charge in [-0.05, 0) is 30.0 Å². The lowest BCUT2D eigenvalue weighted by Gasteiger charge is -2.11. The Hall–Kier alpha value is -2.34. The van der Waals surface area contributed by atoms with Crippen molar-refractivity contribution in [2.75, 3.05) is 10.6 Å². The number of carboxylic acid groups (broad SMARTS) is 1. The summed E-state index contributed by atoms with van der Waals surface area (Å²) in [7, 11) is 0. The number of aromatic carboxylic acids is 1. The molecule has 1 heterocycles. The first-order chi connectivity index (χ1) is 9.08. The second-order valence-corrected chi connectivity index (χ2v) is 4.67. The Morgan fingerprint density at radius 3 is 2.63 bits per heavy atom. The molecule has 0 bridgehead atoms. The number of rotatable bonds is 3. The highest BCUT2D eigenvalue weighted by Crippen LogP contribution is 2.21. The summed E-state index contributed by atoms with van der Waals surface area (Å²) in [4.78, 5) is 22.9. The summed E-state index contributed by atoms with van der Waals surface area (Å²) in [5, 5.41) is 17.9. The number of hydrogen-bond donors (Lipinski definition) is 3. The van der Waals surface area contributed by atoms with Crippen molar-refractivity contribution in [2.45, 2.75) is 6.92 Å². The molecule has 0 unspecified atom stereocenters. The SMILES string of the molecule is Cc1cccc(C(=O)O)c1NC(=O)Nc1ccsc1. The van der Waals surface area contributed by atoms with Gasteiger partial charge in [-0.3, -0.25) is 0 Å². The molecule has 2 amide bonds. The second kappa shape index (κ2) is 5.53. The summed E-state index contributed by atoms with van der Waals surface area (Å²) in [6.45, 7) is 1.74. The van der Waals surface area contributed by atoms with Gasteiger partial charge >= 0.3 is 12.0 Å². The number of urea groups is 1. The number of para-hydroxylation sites is 1. The minimum absolute atomic E-state index is 0.0699. The van der Waals surface area contributed by atoms with E-state index in [1.165, 1.54) is 17.4 Å². The van der Waals surface area contributed by atoms with E-state index in [1.54, 1.807) is 30.5 Å². The van der Waals surface area contributed by atoms with Gasteiger partial charge in [-0.25, -0.2) is 9.59 Å². The summed E-state index contributed by atoms with van der Waals surface area (Å²) >= 11 is 1.46. The fourth-order valence-electron chi connectivity index (χ4n) is 1.62. The number of benzene rings is 1. The van der Waals surface area contributed by atoms with Gasteiger partial charge in [0.15, 0.2) is 0 Å². The van der Waals surface area contributed by atoms with E-state index in [4.69, 9.17) is 5.11 Å². The zero-order chi connectivity index (χ0) is 13.8. The van der Waals surface area contributed by atoms with E-state index < -0.39 is 12.0 Å². The first-order valence-corrected chi connectivity index (χ1v) is 6.45. The first kappa shape index (κ1) is 13.1. The Bertz CT molecular complexity index is 608. The quantitative estimate of drug-likeness (QED) is 0.804. The largest absolute Gasteiger partial charge is 0.478 e. The van der Waals surface area contributed by atoms with Gasteiger partial charge in [0.05, 0.1) is 16.9 Å².